The van der Waals surface area contributed by atoms with Crippen LogP contribution < -0.4 is 20.1 Å². The number of amides is 2. The molecule has 0 aliphatic heterocycles. The summed E-state index contributed by atoms with van der Waals surface area (Å²) in [4.78, 5) is 12.1. The predicted molar refractivity (Wildman–Crippen MR) is 86.8 cm³/mol. The number of carbonyl (C=O) groups is 1. The monoisotopic (exact) mass is 342 g/mol. The second-order valence-electron chi connectivity index (χ2n) is 6.08. The molecule has 1 aliphatic carbocycles. The van der Waals surface area contributed by atoms with E-state index in [1.54, 1.807) is 26.4 Å². The third-order valence-corrected chi connectivity index (χ3v) is 4.31. The molecule has 2 amide bonds. The van der Waals surface area contributed by atoms with Crippen molar-refractivity contribution in [3.63, 3.8) is 0 Å². The number of hydrogen-bond donors (Lipinski definition) is 2. The molecule has 1 aromatic rings. The molecule has 1 aliphatic rings. The molecule has 5 nitrogen and oxygen atoms in total. The summed E-state index contributed by atoms with van der Waals surface area (Å²) >= 11 is 0. The van der Waals surface area contributed by atoms with Gasteiger partial charge in [0.15, 0.2) is 11.5 Å². The highest BCUT2D eigenvalue weighted by atomic mass is 19.3. The minimum absolute atomic E-state index is 0.177. The number of hydrogen-bond acceptors (Lipinski definition) is 3. The zero-order valence-electron chi connectivity index (χ0n) is 14.2. The summed E-state index contributed by atoms with van der Waals surface area (Å²) in [6.07, 6.45) is 0.239. The summed E-state index contributed by atoms with van der Waals surface area (Å²) in [5.74, 6) is -1.40. The molecule has 7 heteroatoms. The average molecular weight is 342 g/mol. The van der Waals surface area contributed by atoms with Gasteiger partial charge in [-0.05, 0) is 37.5 Å². The molecule has 0 saturated heterocycles. The first kappa shape index (κ1) is 18.3. The van der Waals surface area contributed by atoms with Gasteiger partial charge in [-0.1, -0.05) is 6.07 Å². The summed E-state index contributed by atoms with van der Waals surface area (Å²) in [7, 11) is 3.10. The molecule has 0 radical (unpaired) electrons. The normalized spacial score (nSPS) is 18.5. The van der Waals surface area contributed by atoms with E-state index in [0.717, 1.165) is 5.56 Å². The molecule has 24 heavy (non-hydrogen) atoms. The molecule has 0 spiro atoms. The van der Waals surface area contributed by atoms with Crippen LogP contribution in [-0.2, 0) is 0 Å². The molecular formula is C17H24F2N2O3. The quantitative estimate of drug-likeness (QED) is 0.859. The van der Waals surface area contributed by atoms with Gasteiger partial charge in [0.2, 0.25) is 5.92 Å². The Morgan fingerprint density at radius 2 is 1.83 bits per heavy atom. The Morgan fingerprint density at radius 1 is 1.21 bits per heavy atom. The molecular weight excluding hydrogens is 318 g/mol. The SMILES string of the molecule is COc1ccc([C@H](C)NC(=O)NC2CCC(F)(F)CC2)cc1OC. The fraction of sp³-hybridized carbons (Fsp3) is 0.588. The average Bonchev–Trinajstić information content (AvgIpc) is 2.56. The Balaban J connectivity index is 1.90. The molecule has 1 fully saturated rings. The zero-order chi connectivity index (χ0) is 17.7. The van der Waals surface area contributed by atoms with Crippen LogP contribution in [0.2, 0.25) is 0 Å². The first-order chi connectivity index (χ1) is 11.3. The van der Waals surface area contributed by atoms with Crippen molar-refractivity contribution < 1.29 is 23.0 Å². The molecule has 0 heterocycles. The van der Waals surface area contributed by atoms with E-state index in [4.69, 9.17) is 9.47 Å². The van der Waals surface area contributed by atoms with Crippen molar-refractivity contribution in [3.05, 3.63) is 23.8 Å². The number of urea groups is 1. The van der Waals surface area contributed by atoms with Crippen molar-refractivity contribution >= 4 is 6.03 Å². The van der Waals surface area contributed by atoms with Gasteiger partial charge in [-0.25, -0.2) is 13.6 Å². The van der Waals surface area contributed by atoms with E-state index in [1.807, 2.05) is 13.0 Å². The van der Waals surface area contributed by atoms with E-state index in [0.29, 0.717) is 24.3 Å². The fourth-order valence-corrected chi connectivity index (χ4v) is 2.81. The lowest BCUT2D eigenvalue weighted by Crippen LogP contribution is -2.45. The Labute approximate surface area is 140 Å². The third kappa shape index (κ3) is 4.72. The van der Waals surface area contributed by atoms with E-state index in [2.05, 4.69) is 10.6 Å². The summed E-state index contributed by atoms with van der Waals surface area (Å²) in [6, 6.07) is 4.59. The van der Waals surface area contributed by atoms with Crippen molar-refractivity contribution in [1.29, 1.82) is 0 Å². The predicted octanol–water partition coefficient (Wildman–Crippen LogP) is 3.64. The Hall–Kier alpha value is -2.05. The molecule has 0 unspecified atom stereocenters. The lowest BCUT2D eigenvalue weighted by Gasteiger charge is -2.29. The molecule has 1 aromatic carbocycles. The molecule has 2 rings (SSSR count). The van der Waals surface area contributed by atoms with Gasteiger partial charge in [0.05, 0.1) is 20.3 Å². The van der Waals surface area contributed by atoms with Crippen LogP contribution in [0, 0.1) is 0 Å². The molecule has 0 aromatic heterocycles. The van der Waals surface area contributed by atoms with Crippen LogP contribution in [0.15, 0.2) is 18.2 Å². The smallest absolute Gasteiger partial charge is 0.315 e. The number of ether oxygens (including phenoxy) is 2. The fourth-order valence-electron chi connectivity index (χ4n) is 2.81. The van der Waals surface area contributed by atoms with Gasteiger partial charge in [-0.3, -0.25) is 0 Å². The third-order valence-electron chi connectivity index (χ3n) is 4.31. The van der Waals surface area contributed by atoms with Gasteiger partial charge in [-0.15, -0.1) is 0 Å². The van der Waals surface area contributed by atoms with Crippen LogP contribution in [0.4, 0.5) is 13.6 Å². The molecule has 2 N–H and O–H groups in total. The van der Waals surface area contributed by atoms with Crippen LogP contribution in [0.1, 0.15) is 44.2 Å². The highest BCUT2D eigenvalue weighted by Gasteiger charge is 2.35. The van der Waals surface area contributed by atoms with Crippen molar-refractivity contribution in [1.82, 2.24) is 10.6 Å². The number of benzene rings is 1. The molecule has 134 valence electrons. The minimum Gasteiger partial charge on any atom is -0.493 e. The highest BCUT2D eigenvalue weighted by Crippen LogP contribution is 2.33. The van der Waals surface area contributed by atoms with Gasteiger partial charge in [-0.2, -0.15) is 0 Å². The number of halogens is 2. The lowest BCUT2D eigenvalue weighted by atomic mass is 9.92. The topological polar surface area (TPSA) is 59.6 Å². The zero-order valence-corrected chi connectivity index (χ0v) is 14.2. The first-order valence-corrected chi connectivity index (χ1v) is 8.01. The van der Waals surface area contributed by atoms with E-state index >= 15 is 0 Å². The van der Waals surface area contributed by atoms with Crippen molar-refractivity contribution in [2.75, 3.05) is 14.2 Å². The van der Waals surface area contributed by atoms with Crippen molar-refractivity contribution in [2.45, 2.75) is 50.6 Å². The highest BCUT2D eigenvalue weighted by molar-refractivity contribution is 5.74. The van der Waals surface area contributed by atoms with E-state index < -0.39 is 5.92 Å². The lowest BCUT2D eigenvalue weighted by molar-refractivity contribution is -0.0395. The summed E-state index contributed by atoms with van der Waals surface area (Å²) in [5, 5.41) is 5.59. The van der Waals surface area contributed by atoms with Crippen LogP contribution in [0.5, 0.6) is 11.5 Å². The Bertz CT molecular complexity index is 571. The van der Waals surface area contributed by atoms with Crippen LogP contribution >= 0.6 is 0 Å². The van der Waals surface area contributed by atoms with Gasteiger partial charge in [0.1, 0.15) is 0 Å². The second-order valence-corrected chi connectivity index (χ2v) is 6.08. The largest absolute Gasteiger partial charge is 0.493 e. The van der Waals surface area contributed by atoms with E-state index in [9.17, 15) is 13.6 Å². The van der Waals surface area contributed by atoms with E-state index in [1.165, 1.54) is 0 Å². The van der Waals surface area contributed by atoms with Crippen molar-refractivity contribution in [2.24, 2.45) is 0 Å². The standard InChI is InChI=1S/C17H24F2N2O3/c1-11(12-4-5-14(23-2)15(10-12)24-3)20-16(22)21-13-6-8-17(18,19)9-7-13/h4-5,10-11,13H,6-9H2,1-3H3,(H2,20,21,22)/t11-/m0/s1. The summed E-state index contributed by atoms with van der Waals surface area (Å²) in [5.41, 5.74) is 0.859. The van der Waals surface area contributed by atoms with Gasteiger partial charge >= 0.3 is 6.03 Å². The second kappa shape index (κ2) is 7.68. The van der Waals surface area contributed by atoms with Crippen molar-refractivity contribution in [3.8, 4) is 11.5 Å². The first-order valence-electron chi connectivity index (χ1n) is 8.01. The van der Waals surface area contributed by atoms with Gasteiger partial charge in [0.25, 0.3) is 0 Å². The number of nitrogens with one attached hydrogen (secondary N) is 2. The Morgan fingerprint density at radius 3 is 2.42 bits per heavy atom. The van der Waals surface area contributed by atoms with Crippen LogP contribution in [0.3, 0.4) is 0 Å². The Kier molecular flexibility index (Phi) is 5.85. The molecule has 1 atom stereocenters. The van der Waals surface area contributed by atoms with Crippen LogP contribution in [-0.4, -0.2) is 32.2 Å². The van der Waals surface area contributed by atoms with Crippen LogP contribution in [0.25, 0.3) is 0 Å². The summed E-state index contributed by atoms with van der Waals surface area (Å²) < 4.78 is 36.7. The maximum Gasteiger partial charge on any atom is 0.315 e. The van der Waals surface area contributed by atoms with Gasteiger partial charge < -0.3 is 20.1 Å². The molecule has 1 saturated carbocycles. The number of methoxy groups -OCH3 is 2. The maximum absolute atomic E-state index is 13.1. The van der Waals surface area contributed by atoms with Gasteiger partial charge in [0, 0.05) is 18.9 Å². The number of carbonyl (C=O) groups excluding carboxylic acids is 1. The maximum atomic E-state index is 13.1. The van der Waals surface area contributed by atoms with E-state index in [-0.39, 0.29) is 31.0 Å². The minimum atomic E-state index is -2.60. The number of rotatable bonds is 5. The molecule has 0 bridgehead atoms. The number of alkyl halides is 2. The summed E-state index contributed by atoms with van der Waals surface area (Å²) in [6.45, 7) is 1.84.